The van der Waals surface area contributed by atoms with Crippen LogP contribution in [0.3, 0.4) is 0 Å². The van der Waals surface area contributed by atoms with Crippen LogP contribution >= 0.6 is 23.2 Å². The van der Waals surface area contributed by atoms with Crippen molar-refractivity contribution in [3.05, 3.63) is 63.4 Å². The van der Waals surface area contributed by atoms with Gasteiger partial charge in [0.25, 0.3) is 0 Å². The monoisotopic (exact) mass is 294 g/mol. The Labute approximate surface area is 123 Å². The van der Waals surface area contributed by atoms with Gasteiger partial charge < -0.3 is 5.32 Å². The van der Waals surface area contributed by atoms with Crippen LogP contribution in [0, 0.1) is 6.92 Å². The lowest BCUT2D eigenvalue weighted by molar-refractivity contribution is 0.583. The quantitative estimate of drug-likeness (QED) is 0.914. The van der Waals surface area contributed by atoms with Gasteiger partial charge >= 0.3 is 0 Å². The number of aryl methyl sites for hydroxylation is 1. The Balaban J connectivity index is 2.28. The number of aromatic nitrogens is 1. The Kier molecular flexibility index (Phi) is 4.81. The molecule has 0 saturated heterocycles. The first-order chi connectivity index (χ1) is 9.11. The number of halogens is 2. The maximum Gasteiger partial charge on any atom is 0.0468 e. The molecule has 1 atom stereocenters. The molecule has 4 heteroatoms. The zero-order chi connectivity index (χ0) is 13.8. The second kappa shape index (κ2) is 6.38. The van der Waals surface area contributed by atoms with Gasteiger partial charge in [-0.05, 0) is 43.3 Å². The number of nitrogens with zero attached hydrogens (tertiary/aromatic N) is 1. The van der Waals surface area contributed by atoms with Gasteiger partial charge in [-0.1, -0.05) is 35.3 Å². The third-order valence-corrected chi connectivity index (χ3v) is 3.76. The van der Waals surface area contributed by atoms with Crippen LogP contribution in [0.5, 0.6) is 0 Å². The van der Waals surface area contributed by atoms with Gasteiger partial charge in [-0.2, -0.15) is 0 Å². The van der Waals surface area contributed by atoms with E-state index in [1.165, 1.54) is 5.56 Å². The molecule has 1 heterocycles. The molecule has 0 aliphatic heterocycles. The second-order valence-corrected chi connectivity index (χ2v) is 5.32. The summed E-state index contributed by atoms with van der Waals surface area (Å²) in [6.07, 6.45) is 2.61. The van der Waals surface area contributed by atoms with E-state index in [0.717, 1.165) is 17.7 Å². The summed E-state index contributed by atoms with van der Waals surface area (Å²) in [5.74, 6) is 0. The first-order valence-electron chi connectivity index (χ1n) is 6.14. The van der Waals surface area contributed by atoms with E-state index in [4.69, 9.17) is 23.2 Å². The van der Waals surface area contributed by atoms with Crippen molar-refractivity contribution in [3.63, 3.8) is 0 Å². The van der Waals surface area contributed by atoms with Gasteiger partial charge in [-0.3, -0.25) is 4.98 Å². The highest BCUT2D eigenvalue weighted by molar-refractivity contribution is 6.35. The highest BCUT2D eigenvalue weighted by Crippen LogP contribution is 2.28. The van der Waals surface area contributed by atoms with Gasteiger partial charge in [-0.15, -0.1) is 0 Å². The molecule has 1 aromatic carbocycles. The number of nitrogens with one attached hydrogen (secondary N) is 1. The van der Waals surface area contributed by atoms with Gasteiger partial charge in [0.2, 0.25) is 0 Å². The first-order valence-corrected chi connectivity index (χ1v) is 6.90. The third kappa shape index (κ3) is 3.47. The fraction of sp³-hybridized carbons (Fsp3) is 0.267. The summed E-state index contributed by atoms with van der Waals surface area (Å²) in [5.41, 5.74) is 3.30. The molecule has 0 saturated carbocycles. The maximum absolute atomic E-state index is 6.26. The van der Waals surface area contributed by atoms with Crippen LogP contribution in [0.2, 0.25) is 10.0 Å². The van der Waals surface area contributed by atoms with Crippen molar-refractivity contribution in [2.24, 2.45) is 0 Å². The molecule has 0 fully saturated rings. The van der Waals surface area contributed by atoms with E-state index < -0.39 is 0 Å². The molecule has 0 radical (unpaired) electrons. The Morgan fingerprint density at radius 1 is 1.26 bits per heavy atom. The van der Waals surface area contributed by atoms with Gasteiger partial charge in [0.1, 0.15) is 0 Å². The smallest absolute Gasteiger partial charge is 0.0468 e. The number of hydrogen-bond acceptors (Lipinski definition) is 2. The minimum absolute atomic E-state index is 0.123. The molecule has 1 unspecified atom stereocenters. The van der Waals surface area contributed by atoms with Crippen LogP contribution in [0.4, 0.5) is 0 Å². The Morgan fingerprint density at radius 2 is 2.05 bits per heavy atom. The summed E-state index contributed by atoms with van der Waals surface area (Å²) in [6.45, 7) is 2.07. The van der Waals surface area contributed by atoms with Crippen LogP contribution in [-0.2, 0) is 6.42 Å². The number of rotatable bonds is 4. The zero-order valence-corrected chi connectivity index (χ0v) is 12.5. The lowest BCUT2D eigenvalue weighted by Gasteiger charge is -2.18. The molecule has 2 nitrogen and oxygen atoms in total. The topological polar surface area (TPSA) is 24.9 Å². The highest BCUT2D eigenvalue weighted by Gasteiger charge is 2.15. The lowest BCUT2D eigenvalue weighted by Crippen LogP contribution is -2.20. The predicted octanol–water partition coefficient (Wildman–Crippen LogP) is 4.20. The Bertz CT molecular complexity index is 570. The fourth-order valence-corrected chi connectivity index (χ4v) is 2.62. The van der Waals surface area contributed by atoms with E-state index in [-0.39, 0.29) is 6.04 Å². The molecule has 1 aromatic heterocycles. The maximum atomic E-state index is 6.26. The first kappa shape index (κ1) is 14.3. The molecule has 100 valence electrons. The minimum atomic E-state index is 0.123. The summed E-state index contributed by atoms with van der Waals surface area (Å²) in [4.78, 5) is 4.43. The normalized spacial score (nSPS) is 12.4. The molecular weight excluding hydrogens is 279 g/mol. The van der Waals surface area contributed by atoms with Crippen LogP contribution in [0.15, 0.2) is 36.5 Å². The van der Waals surface area contributed by atoms with Crippen molar-refractivity contribution in [2.45, 2.75) is 19.4 Å². The minimum Gasteiger partial charge on any atom is -0.313 e. The molecule has 0 aliphatic carbocycles. The molecule has 0 aliphatic rings. The standard InChI is InChI=1S/C15H16Cl2N2/c1-10-4-3-7-19-14(10)9-15(18-2)12-6-5-11(16)8-13(12)17/h3-8,15,18H,9H2,1-2H3. The number of benzene rings is 1. The SMILES string of the molecule is CNC(Cc1ncccc1C)c1ccc(Cl)cc1Cl. The van der Waals surface area contributed by atoms with Crippen LogP contribution in [-0.4, -0.2) is 12.0 Å². The molecule has 19 heavy (non-hydrogen) atoms. The molecule has 2 rings (SSSR count). The summed E-state index contributed by atoms with van der Waals surface area (Å²) >= 11 is 12.2. The van der Waals surface area contributed by atoms with Crippen molar-refractivity contribution >= 4 is 23.2 Å². The van der Waals surface area contributed by atoms with Crippen LogP contribution in [0.1, 0.15) is 22.9 Å². The average molecular weight is 295 g/mol. The molecule has 0 spiro atoms. The summed E-state index contributed by atoms with van der Waals surface area (Å²) in [6, 6.07) is 9.73. The summed E-state index contributed by atoms with van der Waals surface area (Å²) in [5, 5.41) is 4.62. The van der Waals surface area contributed by atoms with Gasteiger partial charge in [0, 0.05) is 34.4 Å². The average Bonchev–Trinajstić information content (AvgIpc) is 2.39. The van der Waals surface area contributed by atoms with E-state index in [2.05, 4.69) is 23.3 Å². The van der Waals surface area contributed by atoms with Crippen molar-refractivity contribution < 1.29 is 0 Å². The van der Waals surface area contributed by atoms with Crippen molar-refractivity contribution in [1.82, 2.24) is 10.3 Å². The van der Waals surface area contributed by atoms with Gasteiger partial charge in [0.05, 0.1) is 0 Å². The molecule has 0 amide bonds. The van der Waals surface area contributed by atoms with Crippen LogP contribution in [0.25, 0.3) is 0 Å². The van der Waals surface area contributed by atoms with E-state index in [9.17, 15) is 0 Å². The third-order valence-electron chi connectivity index (χ3n) is 3.20. The number of pyridine rings is 1. The largest absolute Gasteiger partial charge is 0.313 e. The molecule has 2 aromatic rings. The summed E-state index contributed by atoms with van der Waals surface area (Å²) in [7, 11) is 1.92. The Morgan fingerprint density at radius 3 is 2.68 bits per heavy atom. The van der Waals surface area contributed by atoms with Crippen molar-refractivity contribution in [2.75, 3.05) is 7.05 Å². The lowest BCUT2D eigenvalue weighted by atomic mass is 10.00. The molecule has 1 N–H and O–H groups in total. The molecular formula is C15H16Cl2N2. The second-order valence-electron chi connectivity index (χ2n) is 4.48. The van der Waals surface area contributed by atoms with E-state index in [1.54, 1.807) is 6.07 Å². The van der Waals surface area contributed by atoms with E-state index in [1.807, 2.05) is 31.4 Å². The van der Waals surface area contributed by atoms with Gasteiger partial charge in [0.15, 0.2) is 0 Å². The highest BCUT2D eigenvalue weighted by atomic mass is 35.5. The predicted molar refractivity (Wildman–Crippen MR) is 80.9 cm³/mol. The van der Waals surface area contributed by atoms with Crippen molar-refractivity contribution in [1.29, 1.82) is 0 Å². The van der Waals surface area contributed by atoms with E-state index >= 15 is 0 Å². The molecule has 0 bridgehead atoms. The van der Waals surface area contributed by atoms with Gasteiger partial charge in [-0.25, -0.2) is 0 Å². The fourth-order valence-electron chi connectivity index (χ4n) is 2.08. The zero-order valence-electron chi connectivity index (χ0n) is 11.0. The van der Waals surface area contributed by atoms with Crippen LogP contribution < -0.4 is 5.32 Å². The number of hydrogen-bond donors (Lipinski definition) is 1. The van der Waals surface area contributed by atoms with E-state index in [0.29, 0.717) is 10.0 Å². The summed E-state index contributed by atoms with van der Waals surface area (Å²) < 4.78 is 0. The number of likely N-dealkylation sites (N-methyl/N-ethyl adjacent to an activating group) is 1. The Hall–Kier alpha value is -1.09. The van der Waals surface area contributed by atoms with Crippen molar-refractivity contribution in [3.8, 4) is 0 Å².